The molecule has 4 rings (SSSR count). The Balaban J connectivity index is 1.71. The quantitative estimate of drug-likeness (QED) is 0.440. The molecular weight excluding hydrogens is 456 g/mol. The van der Waals surface area contributed by atoms with Crippen molar-refractivity contribution >= 4 is 10.1 Å². The summed E-state index contributed by atoms with van der Waals surface area (Å²) >= 11 is 0. The van der Waals surface area contributed by atoms with Gasteiger partial charge >= 0.3 is 0 Å². The SMILES string of the molecule is Cc1cccnc1[C@H]1CCC[C@@H](c2ncccc2C)N1Cc1ccc(CN[S+](C)(C)=O)cc1CO. The molecule has 1 aliphatic heterocycles. The zero-order valence-corrected chi connectivity index (χ0v) is 22.0. The van der Waals surface area contributed by atoms with E-state index < -0.39 is 10.1 Å². The van der Waals surface area contributed by atoms with Crippen molar-refractivity contribution < 1.29 is 9.32 Å². The largest absolute Gasteiger partial charge is 0.392 e. The first-order chi connectivity index (χ1) is 16.8. The van der Waals surface area contributed by atoms with Gasteiger partial charge in [-0.15, -0.1) is 4.72 Å². The van der Waals surface area contributed by atoms with Gasteiger partial charge in [-0.25, -0.2) is 0 Å². The van der Waals surface area contributed by atoms with Gasteiger partial charge in [0.2, 0.25) is 0 Å². The van der Waals surface area contributed by atoms with Crippen LogP contribution in [0.15, 0.2) is 54.9 Å². The highest BCUT2D eigenvalue weighted by atomic mass is 32.3. The Morgan fingerprint density at radius 1 is 0.971 bits per heavy atom. The average molecular weight is 494 g/mol. The van der Waals surface area contributed by atoms with E-state index >= 15 is 0 Å². The van der Waals surface area contributed by atoms with Gasteiger partial charge in [0.05, 0.1) is 36.6 Å². The maximum atomic E-state index is 12.1. The molecule has 7 heteroatoms. The highest BCUT2D eigenvalue weighted by molar-refractivity contribution is 7.99. The fourth-order valence-corrected chi connectivity index (χ4v) is 5.61. The molecule has 0 aliphatic carbocycles. The lowest BCUT2D eigenvalue weighted by Gasteiger charge is -2.43. The van der Waals surface area contributed by atoms with Crippen LogP contribution in [0.2, 0.25) is 0 Å². The Kier molecular flexibility index (Phi) is 8.12. The van der Waals surface area contributed by atoms with Crippen LogP contribution in [-0.2, 0) is 34.0 Å². The van der Waals surface area contributed by atoms with Gasteiger partial charge in [0.15, 0.2) is 0 Å². The summed E-state index contributed by atoms with van der Waals surface area (Å²) in [5, 5.41) is 10.2. The number of aliphatic hydroxyl groups excluding tert-OH is 1. The summed E-state index contributed by atoms with van der Waals surface area (Å²) < 4.78 is 15.1. The summed E-state index contributed by atoms with van der Waals surface area (Å²) in [6.07, 6.45) is 10.4. The summed E-state index contributed by atoms with van der Waals surface area (Å²) in [5.74, 6) is 0. The molecule has 0 saturated carbocycles. The van der Waals surface area contributed by atoms with Crippen molar-refractivity contribution in [2.75, 3.05) is 12.5 Å². The van der Waals surface area contributed by atoms with E-state index in [0.717, 1.165) is 47.3 Å². The fourth-order valence-electron chi connectivity index (χ4n) is 5.10. The van der Waals surface area contributed by atoms with Crippen LogP contribution >= 0.6 is 0 Å². The van der Waals surface area contributed by atoms with Crippen LogP contribution in [-0.4, -0.2) is 32.5 Å². The molecule has 1 fully saturated rings. The van der Waals surface area contributed by atoms with Gasteiger partial charge < -0.3 is 5.11 Å². The summed E-state index contributed by atoms with van der Waals surface area (Å²) in [6.45, 7) is 5.44. The number of rotatable bonds is 8. The average Bonchev–Trinajstić information content (AvgIpc) is 2.84. The van der Waals surface area contributed by atoms with Gasteiger partial charge in [-0.2, -0.15) is 0 Å². The van der Waals surface area contributed by atoms with E-state index in [9.17, 15) is 9.32 Å². The van der Waals surface area contributed by atoms with Crippen LogP contribution in [0.1, 0.15) is 70.6 Å². The van der Waals surface area contributed by atoms with Crippen molar-refractivity contribution in [3.05, 3.63) is 94.1 Å². The third-order valence-electron chi connectivity index (χ3n) is 6.90. The third kappa shape index (κ3) is 6.22. The van der Waals surface area contributed by atoms with Crippen LogP contribution in [0, 0.1) is 13.8 Å². The molecule has 2 N–H and O–H groups in total. The Bertz CT molecular complexity index is 1160. The second-order valence-corrected chi connectivity index (χ2v) is 12.6. The minimum absolute atomic E-state index is 0.0365. The number of likely N-dealkylation sites (tertiary alicyclic amines) is 1. The van der Waals surface area contributed by atoms with Crippen molar-refractivity contribution in [2.24, 2.45) is 0 Å². The van der Waals surface area contributed by atoms with Crippen LogP contribution in [0.3, 0.4) is 0 Å². The molecule has 0 amide bonds. The van der Waals surface area contributed by atoms with E-state index in [1.54, 1.807) is 12.5 Å². The van der Waals surface area contributed by atoms with E-state index in [1.165, 1.54) is 11.1 Å². The molecule has 1 aliphatic rings. The highest BCUT2D eigenvalue weighted by Gasteiger charge is 2.35. The molecule has 1 saturated heterocycles. The van der Waals surface area contributed by atoms with Crippen LogP contribution in [0.4, 0.5) is 0 Å². The number of aromatic nitrogens is 2. The highest BCUT2D eigenvalue weighted by Crippen LogP contribution is 2.43. The van der Waals surface area contributed by atoms with Crippen molar-refractivity contribution in [2.45, 2.75) is 64.9 Å². The summed E-state index contributed by atoms with van der Waals surface area (Å²) in [6, 6.07) is 14.8. The smallest absolute Gasteiger partial charge is 0.149 e. The number of nitrogens with one attached hydrogen (secondary N) is 1. The van der Waals surface area contributed by atoms with E-state index in [1.807, 2.05) is 30.6 Å². The van der Waals surface area contributed by atoms with Gasteiger partial charge in [-0.3, -0.25) is 14.9 Å². The first-order valence-electron chi connectivity index (χ1n) is 12.3. The van der Waals surface area contributed by atoms with Crippen molar-refractivity contribution in [3.8, 4) is 0 Å². The zero-order chi connectivity index (χ0) is 25.0. The van der Waals surface area contributed by atoms with Crippen LogP contribution in [0.5, 0.6) is 0 Å². The zero-order valence-electron chi connectivity index (χ0n) is 21.2. The lowest BCUT2D eigenvalue weighted by Crippen LogP contribution is -2.37. The van der Waals surface area contributed by atoms with Gasteiger partial charge in [-0.05, 0) is 73.1 Å². The Hall–Kier alpha value is -2.45. The van der Waals surface area contributed by atoms with Gasteiger partial charge in [0.25, 0.3) is 0 Å². The van der Waals surface area contributed by atoms with E-state index in [2.05, 4.69) is 47.7 Å². The maximum Gasteiger partial charge on any atom is 0.149 e. The Morgan fingerprint density at radius 2 is 1.57 bits per heavy atom. The molecule has 2 aromatic heterocycles. The number of aliphatic hydroxyl groups is 1. The molecule has 6 nitrogen and oxygen atoms in total. The molecule has 35 heavy (non-hydrogen) atoms. The van der Waals surface area contributed by atoms with Gasteiger partial charge in [0.1, 0.15) is 22.6 Å². The first kappa shape index (κ1) is 25.6. The molecule has 0 bridgehead atoms. The van der Waals surface area contributed by atoms with Crippen LogP contribution in [0.25, 0.3) is 0 Å². The molecule has 186 valence electrons. The molecule has 2 atom stereocenters. The van der Waals surface area contributed by atoms with Gasteiger partial charge in [-0.1, -0.05) is 34.5 Å². The molecular formula is C28H37N4O2S+. The van der Waals surface area contributed by atoms with Gasteiger partial charge in [0, 0.05) is 18.9 Å². The predicted molar refractivity (Wildman–Crippen MR) is 142 cm³/mol. The number of aryl methyl sites for hydroxylation is 2. The third-order valence-corrected chi connectivity index (χ3v) is 7.74. The number of pyridine rings is 2. The number of hydrogen-bond acceptors (Lipinski definition) is 5. The number of nitrogens with zero attached hydrogens (tertiary/aromatic N) is 3. The minimum Gasteiger partial charge on any atom is -0.392 e. The standard InChI is InChI=1S/C28H37N4O2S/c1-20-8-6-14-29-27(20)25-10-5-11-26(28-21(2)9-7-15-30-28)32(25)18-23-13-12-22(16-24(23)19-33)17-31-35(3,4)34/h6-9,12-16,25-26,33H,5,10-11,17-19H2,1-4H3,(H,31,34)/q+1/t25-,26+. The summed E-state index contributed by atoms with van der Waals surface area (Å²) in [5.41, 5.74) is 7.67. The molecule has 1 aromatic carbocycles. The van der Waals surface area contributed by atoms with E-state index in [0.29, 0.717) is 13.1 Å². The topological polar surface area (TPSA) is 78.4 Å². The van der Waals surface area contributed by atoms with E-state index in [4.69, 9.17) is 9.97 Å². The number of hydrogen-bond donors (Lipinski definition) is 2. The van der Waals surface area contributed by atoms with Crippen LogP contribution < -0.4 is 4.72 Å². The molecule has 0 unspecified atom stereocenters. The second kappa shape index (κ2) is 11.1. The first-order valence-corrected chi connectivity index (χ1v) is 14.6. The van der Waals surface area contributed by atoms with Crippen molar-refractivity contribution in [3.63, 3.8) is 0 Å². The lowest BCUT2D eigenvalue weighted by atomic mass is 9.88. The normalized spacial score (nSPS) is 19.1. The molecule has 0 radical (unpaired) electrons. The minimum atomic E-state index is -2.04. The molecule has 3 heterocycles. The number of benzene rings is 1. The molecule has 0 spiro atoms. The van der Waals surface area contributed by atoms with Crippen molar-refractivity contribution in [1.29, 1.82) is 0 Å². The van der Waals surface area contributed by atoms with E-state index in [-0.39, 0.29) is 18.7 Å². The Morgan fingerprint density at radius 3 is 2.09 bits per heavy atom. The fraction of sp³-hybridized carbons (Fsp3) is 0.429. The Labute approximate surface area is 210 Å². The predicted octanol–water partition coefficient (Wildman–Crippen LogP) is 4.82. The summed E-state index contributed by atoms with van der Waals surface area (Å²) in [7, 11) is -2.04. The van der Waals surface area contributed by atoms with Crippen molar-refractivity contribution in [1.82, 2.24) is 19.6 Å². The summed E-state index contributed by atoms with van der Waals surface area (Å²) in [4.78, 5) is 12.1. The second-order valence-electron chi connectivity index (χ2n) is 9.86. The number of piperidine rings is 1. The molecule has 3 aromatic rings. The maximum absolute atomic E-state index is 12.1. The monoisotopic (exact) mass is 493 g/mol. The lowest BCUT2D eigenvalue weighted by molar-refractivity contribution is 0.0672.